The van der Waals surface area contributed by atoms with Crippen LogP contribution < -0.4 is 10.1 Å². The maximum atomic E-state index is 13.4. The van der Waals surface area contributed by atoms with Crippen LogP contribution in [0.5, 0.6) is 5.75 Å². The molecule has 1 aliphatic carbocycles. The number of hydrogen-bond donors (Lipinski definition) is 1. The van der Waals surface area contributed by atoms with E-state index in [1.807, 2.05) is 28.9 Å². The molecule has 0 amide bonds. The minimum atomic E-state index is -0.302. The molecule has 1 atom stereocenters. The molecule has 0 spiro atoms. The lowest BCUT2D eigenvalue weighted by molar-refractivity contribution is -0.118. The molecule has 0 radical (unpaired) electrons. The van der Waals surface area contributed by atoms with Gasteiger partial charge in [0, 0.05) is 23.4 Å². The predicted molar refractivity (Wildman–Crippen MR) is 135 cm³/mol. The lowest BCUT2D eigenvalue weighted by atomic mass is 9.73. The molecule has 3 aromatic rings. The Labute approximate surface area is 204 Å². The number of thioether (sulfide) groups is 1. The number of Topliss-reactive ketones (excluding diaryl/α,β-unsaturated/α-hetero) is 1. The molecule has 1 aliphatic heterocycles. The number of benzene rings is 2. The quantitative estimate of drug-likeness (QED) is 0.468. The van der Waals surface area contributed by atoms with E-state index in [-0.39, 0.29) is 17.2 Å². The number of ether oxygens (including phenoxy) is 1. The normalized spacial score (nSPS) is 18.9. The van der Waals surface area contributed by atoms with Gasteiger partial charge in [-0.25, -0.2) is 4.68 Å². The topological polar surface area (TPSA) is 69.0 Å². The highest BCUT2D eigenvalue weighted by Gasteiger charge is 2.41. The van der Waals surface area contributed by atoms with Gasteiger partial charge in [0.05, 0.1) is 7.11 Å². The molecule has 1 aromatic heterocycles. The highest BCUT2D eigenvalue weighted by Crippen LogP contribution is 2.45. The summed E-state index contributed by atoms with van der Waals surface area (Å²) in [5, 5.41) is 9.02. The van der Waals surface area contributed by atoms with Crippen LogP contribution in [0.3, 0.4) is 0 Å². The first-order chi connectivity index (χ1) is 16.2. The smallest absolute Gasteiger partial charge is 0.227 e. The molecule has 1 unspecified atom stereocenters. The molecule has 0 saturated heterocycles. The van der Waals surface area contributed by atoms with Gasteiger partial charge in [0.2, 0.25) is 11.1 Å². The summed E-state index contributed by atoms with van der Waals surface area (Å²) in [4.78, 5) is 18.2. The van der Waals surface area contributed by atoms with E-state index < -0.39 is 0 Å². The molecule has 6 nitrogen and oxygen atoms in total. The predicted octanol–water partition coefficient (Wildman–Crippen LogP) is 5.85. The minimum absolute atomic E-state index is 0.0872. The van der Waals surface area contributed by atoms with Crippen LogP contribution in [-0.4, -0.2) is 27.7 Å². The van der Waals surface area contributed by atoms with E-state index >= 15 is 0 Å². The van der Waals surface area contributed by atoms with Crippen molar-refractivity contribution in [2.75, 3.05) is 12.4 Å². The molecule has 0 bridgehead atoms. The number of aromatic nitrogens is 3. The van der Waals surface area contributed by atoms with E-state index in [9.17, 15) is 4.79 Å². The van der Waals surface area contributed by atoms with E-state index in [1.54, 1.807) is 18.9 Å². The van der Waals surface area contributed by atoms with Crippen LogP contribution in [0.1, 0.15) is 55.0 Å². The Bertz CT molecular complexity index is 1290. The van der Waals surface area contributed by atoms with Crippen LogP contribution in [0.25, 0.3) is 0 Å². The number of allylic oxidation sites excluding steroid dienone is 2. The van der Waals surface area contributed by atoms with Crippen molar-refractivity contribution in [3.8, 4) is 5.75 Å². The fourth-order valence-corrected chi connectivity index (χ4v) is 5.80. The molecule has 2 heterocycles. The van der Waals surface area contributed by atoms with Crippen molar-refractivity contribution < 1.29 is 9.53 Å². The Morgan fingerprint density at radius 1 is 1.15 bits per heavy atom. The Balaban J connectivity index is 1.51. The van der Waals surface area contributed by atoms with Gasteiger partial charge in [0.15, 0.2) is 5.78 Å². The third kappa shape index (κ3) is 4.25. The molecule has 7 heteroatoms. The van der Waals surface area contributed by atoms with Crippen LogP contribution in [0, 0.1) is 19.3 Å². The zero-order chi connectivity index (χ0) is 24.0. The van der Waals surface area contributed by atoms with Crippen molar-refractivity contribution >= 4 is 23.5 Å². The summed E-state index contributed by atoms with van der Waals surface area (Å²) in [5.74, 6) is 2.44. The lowest BCUT2D eigenvalue weighted by Crippen LogP contribution is -2.36. The minimum Gasteiger partial charge on any atom is -0.497 e. The summed E-state index contributed by atoms with van der Waals surface area (Å²) in [6.07, 6.45) is 1.33. The third-order valence-corrected chi connectivity index (χ3v) is 7.49. The van der Waals surface area contributed by atoms with Gasteiger partial charge in [0.1, 0.15) is 11.8 Å². The van der Waals surface area contributed by atoms with Gasteiger partial charge in [-0.2, -0.15) is 4.98 Å². The average Bonchev–Trinajstić information content (AvgIpc) is 3.19. The maximum absolute atomic E-state index is 13.4. The summed E-state index contributed by atoms with van der Waals surface area (Å²) >= 11 is 1.62. The number of rotatable bonds is 5. The van der Waals surface area contributed by atoms with Gasteiger partial charge in [0.25, 0.3) is 0 Å². The van der Waals surface area contributed by atoms with Crippen molar-refractivity contribution in [1.82, 2.24) is 14.8 Å². The number of carbonyl (C=O) groups excluding carboxylic acids is 1. The first-order valence-corrected chi connectivity index (χ1v) is 12.6. The maximum Gasteiger partial charge on any atom is 0.227 e. The second-order valence-corrected chi connectivity index (χ2v) is 11.0. The Morgan fingerprint density at radius 3 is 2.62 bits per heavy atom. The molecule has 176 valence electrons. The van der Waals surface area contributed by atoms with E-state index in [0.29, 0.717) is 17.5 Å². The molecule has 2 aliphatic rings. The number of carbonyl (C=O) groups is 1. The second kappa shape index (κ2) is 8.62. The van der Waals surface area contributed by atoms with Gasteiger partial charge < -0.3 is 10.1 Å². The van der Waals surface area contributed by atoms with Gasteiger partial charge in [-0.15, -0.1) is 5.10 Å². The van der Waals surface area contributed by atoms with Crippen LogP contribution in [0.2, 0.25) is 0 Å². The lowest BCUT2D eigenvalue weighted by Gasteiger charge is -2.38. The highest BCUT2D eigenvalue weighted by atomic mass is 32.2. The fourth-order valence-electron chi connectivity index (χ4n) is 4.89. The zero-order valence-corrected chi connectivity index (χ0v) is 21.1. The first kappa shape index (κ1) is 22.7. The molecular formula is C27H30N4O2S. The molecule has 2 aromatic carbocycles. The van der Waals surface area contributed by atoms with Crippen LogP contribution >= 0.6 is 11.8 Å². The molecular weight excluding hydrogens is 444 g/mol. The number of nitrogens with zero attached hydrogens (tertiary/aromatic N) is 3. The number of anilines is 1. The number of aryl methyl sites for hydroxylation is 2. The van der Waals surface area contributed by atoms with Crippen LogP contribution in [0.15, 0.2) is 58.9 Å². The fraction of sp³-hybridized carbons (Fsp3) is 0.370. The summed E-state index contributed by atoms with van der Waals surface area (Å²) < 4.78 is 7.22. The summed E-state index contributed by atoms with van der Waals surface area (Å²) in [6, 6.07) is 14.1. The third-order valence-electron chi connectivity index (χ3n) is 6.60. The van der Waals surface area contributed by atoms with Crippen molar-refractivity contribution in [1.29, 1.82) is 0 Å². The number of hydrogen-bond acceptors (Lipinski definition) is 6. The van der Waals surface area contributed by atoms with Crippen molar-refractivity contribution in [3.05, 3.63) is 76.0 Å². The monoisotopic (exact) mass is 474 g/mol. The first-order valence-electron chi connectivity index (χ1n) is 11.6. The second-order valence-electron chi connectivity index (χ2n) is 10.0. The summed E-state index contributed by atoms with van der Waals surface area (Å²) in [6.45, 7) is 8.53. The Hall–Kier alpha value is -3.06. The summed E-state index contributed by atoms with van der Waals surface area (Å²) in [7, 11) is 1.65. The summed E-state index contributed by atoms with van der Waals surface area (Å²) in [5.41, 5.74) is 6.49. The number of nitrogens with one attached hydrogen (secondary N) is 1. The van der Waals surface area contributed by atoms with Crippen LogP contribution in [0.4, 0.5) is 5.95 Å². The number of methoxy groups -OCH3 is 1. The Kier molecular flexibility index (Phi) is 5.76. The van der Waals surface area contributed by atoms with E-state index in [2.05, 4.69) is 51.2 Å². The average molecular weight is 475 g/mol. The van der Waals surface area contributed by atoms with Crippen molar-refractivity contribution in [2.45, 2.75) is 57.5 Å². The number of fused-ring (bicyclic) bond motifs is 1. The highest BCUT2D eigenvalue weighted by molar-refractivity contribution is 7.98. The molecule has 34 heavy (non-hydrogen) atoms. The Morgan fingerprint density at radius 2 is 1.91 bits per heavy atom. The van der Waals surface area contributed by atoms with Gasteiger partial charge in [-0.05, 0) is 54.5 Å². The van der Waals surface area contributed by atoms with Gasteiger partial charge >= 0.3 is 0 Å². The molecule has 0 saturated carbocycles. The molecule has 0 fully saturated rings. The van der Waals surface area contributed by atoms with Crippen molar-refractivity contribution in [2.24, 2.45) is 5.41 Å². The van der Waals surface area contributed by atoms with Gasteiger partial charge in [-0.1, -0.05) is 61.5 Å². The zero-order valence-electron chi connectivity index (χ0n) is 20.3. The van der Waals surface area contributed by atoms with E-state index in [0.717, 1.165) is 34.8 Å². The standard InChI is InChI=1S/C27H30N4O2S/c1-16-6-7-19(17(2)12-16)15-34-26-29-25-28-21-13-27(3,4)14-22(32)23(21)24(31(25)30-26)18-8-10-20(33-5)11-9-18/h6-12,24H,13-15H2,1-5H3,(H,28,29,30). The largest absolute Gasteiger partial charge is 0.497 e. The van der Waals surface area contributed by atoms with E-state index in [1.165, 1.54) is 16.7 Å². The SMILES string of the molecule is COc1ccc(C2C3=C(CC(C)(C)CC3=O)Nc3nc(SCc4ccc(C)cc4C)nn32)cc1. The molecule has 5 rings (SSSR count). The van der Waals surface area contributed by atoms with Crippen LogP contribution in [-0.2, 0) is 10.5 Å². The van der Waals surface area contributed by atoms with Gasteiger partial charge in [-0.3, -0.25) is 4.79 Å². The van der Waals surface area contributed by atoms with E-state index in [4.69, 9.17) is 14.8 Å². The van der Waals surface area contributed by atoms with Crippen molar-refractivity contribution in [3.63, 3.8) is 0 Å². The molecule has 1 N–H and O–H groups in total. The number of ketones is 1.